The second-order valence-electron chi connectivity index (χ2n) is 6.19. The van der Waals surface area contributed by atoms with Crippen LogP contribution in [0.4, 0.5) is 0 Å². The summed E-state index contributed by atoms with van der Waals surface area (Å²) >= 11 is 6.10. The van der Waals surface area contributed by atoms with Crippen LogP contribution < -0.4 is 0 Å². The van der Waals surface area contributed by atoms with Gasteiger partial charge in [0.2, 0.25) is 15.8 Å². The molecule has 0 aliphatic rings. The van der Waals surface area contributed by atoms with Crippen molar-refractivity contribution in [3.63, 3.8) is 0 Å². The summed E-state index contributed by atoms with van der Waals surface area (Å²) in [5, 5.41) is 4.24. The molecule has 0 saturated heterocycles. The largest absolute Gasteiger partial charge is 0.454 e. The Morgan fingerprint density at radius 3 is 2.40 bits per heavy atom. The minimum atomic E-state index is -3.59. The van der Waals surface area contributed by atoms with Crippen molar-refractivity contribution >= 4 is 27.6 Å². The van der Waals surface area contributed by atoms with E-state index in [4.69, 9.17) is 20.9 Å². The van der Waals surface area contributed by atoms with Gasteiger partial charge in [0, 0.05) is 13.1 Å². The molecule has 3 rings (SSSR count). The van der Waals surface area contributed by atoms with Crippen LogP contribution in [0.2, 0.25) is 5.02 Å². The Morgan fingerprint density at radius 2 is 1.77 bits per heavy atom. The number of ether oxygens (including phenoxy) is 1. The molecule has 0 saturated carbocycles. The molecule has 3 aromatic rings. The summed E-state index contributed by atoms with van der Waals surface area (Å²) in [7, 11) is -3.59. The molecule has 30 heavy (non-hydrogen) atoms. The van der Waals surface area contributed by atoms with Crippen molar-refractivity contribution < 1.29 is 22.5 Å². The Balaban J connectivity index is 1.65. The Morgan fingerprint density at radius 1 is 1.10 bits per heavy atom. The van der Waals surface area contributed by atoms with Gasteiger partial charge in [0.25, 0.3) is 5.89 Å². The van der Waals surface area contributed by atoms with Gasteiger partial charge in [0.15, 0.2) is 6.61 Å². The maximum atomic E-state index is 12.5. The number of hydrogen-bond acceptors (Lipinski definition) is 7. The van der Waals surface area contributed by atoms with Crippen LogP contribution in [0.1, 0.15) is 30.0 Å². The molecule has 2 aromatic carbocycles. The van der Waals surface area contributed by atoms with Gasteiger partial charge < -0.3 is 9.26 Å². The Kier molecular flexibility index (Phi) is 6.86. The lowest BCUT2D eigenvalue weighted by molar-refractivity contribution is 0.0459. The summed E-state index contributed by atoms with van der Waals surface area (Å²) < 4.78 is 36.7. The highest BCUT2D eigenvalue weighted by Gasteiger charge is 2.22. The van der Waals surface area contributed by atoms with Gasteiger partial charge in [0.05, 0.1) is 21.0 Å². The average Bonchev–Trinajstić information content (AvgIpc) is 3.22. The Labute approximate surface area is 179 Å². The highest BCUT2D eigenvalue weighted by molar-refractivity contribution is 7.89. The normalized spacial score (nSPS) is 11.6. The van der Waals surface area contributed by atoms with Crippen molar-refractivity contribution in [2.24, 2.45) is 0 Å². The van der Waals surface area contributed by atoms with Gasteiger partial charge >= 0.3 is 5.97 Å². The fourth-order valence-electron chi connectivity index (χ4n) is 2.75. The predicted octanol–water partition coefficient (Wildman–Crippen LogP) is 3.78. The quantitative estimate of drug-likeness (QED) is 0.482. The number of nitrogens with zero attached hydrogens (tertiary/aromatic N) is 3. The van der Waals surface area contributed by atoms with E-state index in [9.17, 15) is 13.2 Å². The number of carbonyl (C=O) groups is 1. The van der Waals surface area contributed by atoms with E-state index in [1.54, 1.807) is 38.1 Å². The molecule has 0 fully saturated rings. The van der Waals surface area contributed by atoms with E-state index in [-0.39, 0.29) is 28.8 Å². The fraction of sp³-hybridized carbons (Fsp3) is 0.250. The lowest BCUT2D eigenvalue weighted by Crippen LogP contribution is -2.30. The molecule has 0 unspecified atom stereocenters. The number of esters is 1. The van der Waals surface area contributed by atoms with E-state index in [0.29, 0.717) is 23.7 Å². The Hall–Kier alpha value is -2.75. The van der Waals surface area contributed by atoms with Gasteiger partial charge in [-0.2, -0.15) is 9.29 Å². The first-order valence-electron chi connectivity index (χ1n) is 9.21. The highest BCUT2D eigenvalue weighted by atomic mass is 35.5. The fourth-order valence-corrected chi connectivity index (χ4v) is 4.42. The zero-order valence-electron chi connectivity index (χ0n) is 16.4. The van der Waals surface area contributed by atoms with Crippen LogP contribution in [-0.2, 0) is 21.4 Å². The van der Waals surface area contributed by atoms with Crippen LogP contribution in [0.25, 0.3) is 11.5 Å². The second-order valence-corrected chi connectivity index (χ2v) is 8.53. The van der Waals surface area contributed by atoms with Gasteiger partial charge in [-0.05, 0) is 36.4 Å². The van der Waals surface area contributed by atoms with Crippen LogP contribution in [-0.4, -0.2) is 41.9 Å². The highest BCUT2D eigenvalue weighted by Crippen LogP contribution is 2.26. The predicted molar refractivity (Wildman–Crippen MR) is 110 cm³/mol. The van der Waals surface area contributed by atoms with Gasteiger partial charge in [0.1, 0.15) is 0 Å². The van der Waals surface area contributed by atoms with Crippen molar-refractivity contribution in [3.8, 4) is 11.5 Å². The summed E-state index contributed by atoms with van der Waals surface area (Å²) in [5.74, 6) is -0.234. The topological polar surface area (TPSA) is 103 Å². The SMILES string of the molecule is CCN(CC)S(=O)(=O)c1ccc(C(=O)OCc2noc(-c3ccccc3Cl)n2)cc1. The van der Waals surface area contributed by atoms with Crippen molar-refractivity contribution in [1.29, 1.82) is 0 Å². The number of benzene rings is 2. The summed E-state index contributed by atoms with van der Waals surface area (Å²) in [4.78, 5) is 16.6. The van der Waals surface area contributed by atoms with Crippen molar-refractivity contribution in [2.45, 2.75) is 25.3 Å². The van der Waals surface area contributed by atoms with E-state index < -0.39 is 16.0 Å². The zero-order valence-corrected chi connectivity index (χ0v) is 18.0. The number of sulfonamides is 1. The van der Waals surface area contributed by atoms with Gasteiger partial charge in [-0.25, -0.2) is 13.2 Å². The first-order chi connectivity index (χ1) is 14.4. The lowest BCUT2D eigenvalue weighted by atomic mass is 10.2. The summed E-state index contributed by atoms with van der Waals surface area (Å²) in [6.07, 6.45) is 0. The number of aromatic nitrogens is 2. The zero-order chi connectivity index (χ0) is 21.7. The van der Waals surface area contributed by atoms with Crippen LogP contribution in [0, 0.1) is 0 Å². The number of hydrogen-bond donors (Lipinski definition) is 0. The van der Waals surface area contributed by atoms with Crippen LogP contribution in [0.15, 0.2) is 57.9 Å². The van der Waals surface area contributed by atoms with Crippen LogP contribution in [0.3, 0.4) is 0 Å². The molecule has 1 aromatic heterocycles. The molecule has 0 spiro atoms. The van der Waals surface area contributed by atoms with E-state index in [1.807, 2.05) is 0 Å². The summed E-state index contributed by atoms with van der Waals surface area (Å²) in [6.45, 7) is 4.06. The summed E-state index contributed by atoms with van der Waals surface area (Å²) in [5.41, 5.74) is 0.789. The second kappa shape index (κ2) is 9.38. The molecule has 8 nitrogen and oxygen atoms in total. The molecule has 158 valence electrons. The maximum absolute atomic E-state index is 12.5. The molecule has 1 heterocycles. The van der Waals surface area contributed by atoms with E-state index >= 15 is 0 Å². The summed E-state index contributed by atoms with van der Waals surface area (Å²) in [6, 6.07) is 12.6. The van der Waals surface area contributed by atoms with Crippen molar-refractivity contribution in [3.05, 3.63) is 64.9 Å². The first-order valence-corrected chi connectivity index (χ1v) is 11.0. The average molecular weight is 450 g/mol. The monoisotopic (exact) mass is 449 g/mol. The molecule has 0 bridgehead atoms. The standard InChI is InChI=1S/C20H20ClN3O5S/c1-3-24(4-2)30(26,27)15-11-9-14(10-12-15)20(25)28-13-18-22-19(29-23-18)16-7-5-6-8-17(16)21/h5-12H,3-4,13H2,1-2H3. The molecule has 0 amide bonds. The van der Waals surface area contributed by atoms with E-state index in [1.165, 1.54) is 28.6 Å². The third-order valence-corrected chi connectivity index (χ3v) is 6.73. The number of carbonyl (C=O) groups excluding carboxylic acids is 1. The number of rotatable bonds is 8. The van der Waals surface area contributed by atoms with Crippen LogP contribution >= 0.6 is 11.6 Å². The van der Waals surface area contributed by atoms with Crippen molar-refractivity contribution in [2.75, 3.05) is 13.1 Å². The minimum Gasteiger partial charge on any atom is -0.454 e. The van der Waals surface area contributed by atoms with E-state index in [2.05, 4.69) is 10.1 Å². The smallest absolute Gasteiger partial charge is 0.338 e. The molecule has 0 atom stereocenters. The lowest BCUT2D eigenvalue weighted by Gasteiger charge is -2.18. The molecule has 0 radical (unpaired) electrons. The maximum Gasteiger partial charge on any atom is 0.338 e. The molecule has 0 aliphatic heterocycles. The Bertz CT molecular complexity index is 1130. The number of halogens is 1. The molecule has 0 aliphatic carbocycles. The third kappa shape index (κ3) is 4.69. The van der Waals surface area contributed by atoms with Gasteiger partial charge in [-0.15, -0.1) is 0 Å². The molecular formula is C20H20ClN3O5S. The third-order valence-electron chi connectivity index (χ3n) is 4.34. The molecule has 0 N–H and O–H groups in total. The van der Waals surface area contributed by atoms with E-state index in [0.717, 1.165) is 0 Å². The first kappa shape index (κ1) is 21.9. The van der Waals surface area contributed by atoms with Gasteiger partial charge in [-0.1, -0.05) is 42.7 Å². The minimum absolute atomic E-state index is 0.116. The van der Waals surface area contributed by atoms with Crippen LogP contribution in [0.5, 0.6) is 0 Å². The molecular weight excluding hydrogens is 430 g/mol. The van der Waals surface area contributed by atoms with Gasteiger partial charge in [-0.3, -0.25) is 0 Å². The van der Waals surface area contributed by atoms with Crippen molar-refractivity contribution in [1.82, 2.24) is 14.4 Å². The molecule has 10 heteroatoms.